The predicted octanol–water partition coefficient (Wildman–Crippen LogP) is 1.80. The van der Waals surface area contributed by atoms with Gasteiger partial charge in [0.15, 0.2) is 9.84 Å². The highest BCUT2D eigenvalue weighted by atomic mass is 32.2. The monoisotopic (exact) mass is 295 g/mol. The minimum absolute atomic E-state index is 0.220. The van der Waals surface area contributed by atoms with Gasteiger partial charge in [0.2, 0.25) is 0 Å². The first-order valence-corrected chi connectivity index (χ1v) is 9.05. The first-order chi connectivity index (χ1) is 9.45. The molecule has 1 aromatic rings. The van der Waals surface area contributed by atoms with E-state index in [0.29, 0.717) is 4.90 Å². The fourth-order valence-corrected chi connectivity index (χ4v) is 3.85. The number of ether oxygens (including phenoxy) is 1. The highest BCUT2D eigenvalue weighted by Gasteiger charge is 2.59. The Labute approximate surface area is 120 Å². The van der Waals surface area contributed by atoms with Gasteiger partial charge in [0.1, 0.15) is 11.7 Å². The first kappa shape index (κ1) is 14.0. The van der Waals surface area contributed by atoms with E-state index in [2.05, 4.69) is 11.8 Å². The van der Waals surface area contributed by atoms with Gasteiger partial charge < -0.3 is 9.64 Å². The van der Waals surface area contributed by atoms with E-state index in [1.165, 1.54) is 6.26 Å². The fraction of sp³-hybridized carbons (Fsp3) is 0.600. The normalized spacial score (nSPS) is 30.0. The van der Waals surface area contributed by atoms with Gasteiger partial charge in [-0.15, -0.1) is 0 Å². The van der Waals surface area contributed by atoms with Crippen LogP contribution in [-0.4, -0.2) is 45.3 Å². The van der Waals surface area contributed by atoms with Crippen molar-refractivity contribution in [3.8, 4) is 0 Å². The standard InChI is InChI=1S/C15H21NO3S/c1-3-8-16-9-7-15(14(11-16)19-15)12-5-4-6-13(10-12)20(2,17)18/h4-6,10,14H,3,7-9,11H2,1-2H3/t14-,15-/m0/s1. The van der Waals surface area contributed by atoms with Crippen LogP contribution in [0.3, 0.4) is 0 Å². The van der Waals surface area contributed by atoms with Gasteiger partial charge in [-0.25, -0.2) is 8.42 Å². The van der Waals surface area contributed by atoms with Crippen molar-refractivity contribution in [2.75, 3.05) is 25.9 Å². The number of nitrogens with zero attached hydrogens (tertiary/aromatic N) is 1. The Kier molecular flexibility index (Phi) is 3.39. The maximum Gasteiger partial charge on any atom is 0.175 e. The lowest BCUT2D eigenvalue weighted by atomic mass is 9.89. The first-order valence-electron chi connectivity index (χ1n) is 7.16. The molecule has 4 nitrogen and oxygen atoms in total. The lowest BCUT2D eigenvalue weighted by molar-refractivity contribution is 0.225. The number of benzene rings is 1. The Bertz CT molecular complexity index is 613. The zero-order valence-electron chi connectivity index (χ0n) is 12.0. The molecular formula is C15H21NO3S. The van der Waals surface area contributed by atoms with Crippen molar-refractivity contribution in [1.82, 2.24) is 4.90 Å². The number of sulfone groups is 1. The van der Waals surface area contributed by atoms with Crippen LogP contribution in [0.5, 0.6) is 0 Å². The smallest absolute Gasteiger partial charge is 0.175 e. The Hall–Kier alpha value is -0.910. The summed E-state index contributed by atoms with van der Waals surface area (Å²) < 4.78 is 29.3. The molecular weight excluding hydrogens is 274 g/mol. The quantitative estimate of drug-likeness (QED) is 0.795. The van der Waals surface area contributed by atoms with Crippen LogP contribution in [0.4, 0.5) is 0 Å². The molecule has 20 heavy (non-hydrogen) atoms. The third kappa shape index (κ3) is 2.38. The van der Waals surface area contributed by atoms with Crippen LogP contribution in [0.1, 0.15) is 25.3 Å². The molecule has 2 aliphatic rings. The van der Waals surface area contributed by atoms with E-state index in [9.17, 15) is 8.42 Å². The second kappa shape index (κ2) is 4.83. The number of likely N-dealkylation sites (tertiary alicyclic amines) is 1. The number of hydrogen-bond acceptors (Lipinski definition) is 4. The SMILES string of the molecule is CCCN1CC[C@@]2(c3cccc(S(C)(=O)=O)c3)O[C@H]2C1. The molecule has 0 N–H and O–H groups in total. The summed E-state index contributed by atoms with van der Waals surface area (Å²) in [4.78, 5) is 2.81. The molecule has 0 bridgehead atoms. The van der Waals surface area contributed by atoms with Crippen LogP contribution in [0.2, 0.25) is 0 Å². The largest absolute Gasteiger partial charge is 0.360 e. The van der Waals surface area contributed by atoms with Crippen LogP contribution in [0, 0.1) is 0 Å². The summed E-state index contributed by atoms with van der Waals surface area (Å²) in [6.45, 7) is 5.27. The van der Waals surface area contributed by atoms with Crippen LogP contribution in [0.15, 0.2) is 29.2 Å². The van der Waals surface area contributed by atoms with Gasteiger partial charge >= 0.3 is 0 Å². The average molecular weight is 295 g/mol. The summed E-state index contributed by atoms with van der Waals surface area (Å²) in [5.74, 6) is 0. The molecule has 1 aromatic carbocycles. The molecule has 110 valence electrons. The molecule has 2 fully saturated rings. The Morgan fingerprint density at radius 1 is 1.45 bits per heavy atom. The third-order valence-corrected chi connectivity index (χ3v) is 5.44. The molecule has 2 heterocycles. The van der Waals surface area contributed by atoms with Gasteiger partial charge in [0, 0.05) is 19.3 Å². The summed E-state index contributed by atoms with van der Waals surface area (Å²) in [6, 6.07) is 7.24. The van der Waals surface area contributed by atoms with Gasteiger partial charge in [-0.1, -0.05) is 19.1 Å². The predicted molar refractivity (Wildman–Crippen MR) is 77.5 cm³/mol. The lowest BCUT2D eigenvalue weighted by Crippen LogP contribution is -2.38. The van der Waals surface area contributed by atoms with E-state index in [1.54, 1.807) is 12.1 Å². The number of epoxide rings is 1. The molecule has 0 unspecified atom stereocenters. The minimum atomic E-state index is -3.16. The molecule has 2 saturated heterocycles. The number of hydrogen-bond donors (Lipinski definition) is 0. The van der Waals surface area contributed by atoms with Crippen LogP contribution in [-0.2, 0) is 20.2 Å². The third-order valence-electron chi connectivity index (χ3n) is 4.33. The molecule has 0 radical (unpaired) electrons. The summed E-state index contributed by atoms with van der Waals surface area (Å²) in [7, 11) is -3.16. The number of rotatable bonds is 4. The zero-order chi connectivity index (χ0) is 14.4. The molecule has 3 rings (SSSR count). The lowest BCUT2D eigenvalue weighted by Gasteiger charge is -2.28. The highest BCUT2D eigenvalue weighted by molar-refractivity contribution is 7.90. The fourth-order valence-electron chi connectivity index (χ4n) is 3.18. The highest BCUT2D eigenvalue weighted by Crippen LogP contribution is 2.52. The van der Waals surface area contributed by atoms with Gasteiger partial charge in [0.25, 0.3) is 0 Å². The van der Waals surface area contributed by atoms with Crippen molar-refractivity contribution >= 4 is 9.84 Å². The van der Waals surface area contributed by atoms with Crippen molar-refractivity contribution in [3.63, 3.8) is 0 Å². The molecule has 0 spiro atoms. The summed E-state index contributed by atoms with van der Waals surface area (Å²) in [6.07, 6.45) is 3.57. The van der Waals surface area contributed by atoms with Crippen LogP contribution >= 0.6 is 0 Å². The van der Waals surface area contributed by atoms with Crippen LogP contribution in [0.25, 0.3) is 0 Å². The van der Waals surface area contributed by atoms with Gasteiger partial charge in [-0.3, -0.25) is 0 Å². The molecule has 0 aliphatic carbocycles. The van der Waals surface area contributed by atoms with Gasteiger partial charge in [-0.2, -0.15) is 0 Å². The van der Waals surface area contributed by atoms with E-state index >= 15 is 0 Å². The van der Waals surface area contributed by atoms with E-state index < -0.39 is 9.84 Å². The summed E-state index contributed by atoms with van der Waals surface area (Å²) in [5, 5.41) is 0. The molecule has 0 saturated carbocycles. The van der Waals surface area contributed by atoms with Crippen molar-refractivity contribution in [2.45, 2.75) is 36.4 Å². The number of fused-ring (bicyclic) bond motifs is 1. The van der Waals surface area contributed by atoms with E-state index in [-0.39, 0.29) is 11.7 Å². The summed E-state index contributed by atoms with van der Waals surface area (Å²) in [5.41, 5.74) is 0.784. The Balaban J connectivity index is 1.82. The molecule has 0 amide bonds. The summed E-state index contributed by atoms with van der Waals surface area (Å²) >= 11 is 0. The van der Waals surface area contributed by atoms with Crippen molar-refractivity contribution in [2.24, 2.45) is 0 Å². The topological polar surface area (TPSA) is 49.9 Å². The van der Waals surface area contributed by atoms with Crippen molar-refractivity contribution in [1.29, 1.82) is 0 Å². The maximum absolute atomic E-state index is 11.7. The van der Waals surface area contributed by atoms with E-state index in [1.807, 2.05) is 12.1 Å². The second-order valence-electron chi connectivity index (χ2n) is 5.85. The van der Waals surface area contributed by atoms with Gasteiger partial charge in [0.05, 0.1) is 4.90 Å². The number of piperidine rings is 1. The molecule has 2 atom stereocenters. The Morgan fingerprint density at radius 2 is 2.25 bits per heavy atom. The average Bonchev–Trinajstić information content (AvgIpc) is 3.13. The molecule has 0 aromatic heterocycles. The van der Waals surface area contributed by atoms with E-state index in [4.69, 9.17) is 4.74 Å². The maximum atomic E-state index is 11.7. The molecule has 5 heteroatoms. The van der Waals surface area contributed by atoms with Crippen LogP contribution < -0.4 is 0 Å². The van der Waals surface area contributed by atoms with Gasteiger partial charge in [-0.05, 0) is 37.1 Å². The van der Waals surface area contributed by atoms with E-state index in [0.717, 1.165) is 38.0 Å². The van der Waals surface area contributed by atoms with Crippen molar-refractivity contribution < 1.29 is 13.2 Å². The minimum Gasteiger partial charge on any atom is -0.360 e. The second-order valence-corrected chi connectivity index (χ2v) is 7.86. The Morgan fingerprint density at radius 3 is 2.90 bits per heavy atom. The molecule has 2 aliphatic heterocycles. The van der Waals surface area contributed by atoms with Crippen molar-refractivity contribution in [3.05, 3.63) is 29.8 Å². The zero-order valence-corrected chi connectivity index (χ0v) is 12.8.